The molecule has 0 fully saturated rings. The molecular formula is C22H21ClF2N6O2. The lowest BCUT2D eigenvalue weighted by molar-refractivity contribution is 0.0945. The first-order chi connectivity index (χ1) is 15.7. The van der Waals surface area contributed by atoms with Crippen LogP contribution in [0.5, 0.6) is 0 Å². The molecule has 1 heterocycles. The quantitative estimate of drug-likeness (QED) is 0.284. The van der Waals surface area contributed by atoms with Crippen LogP contribution >= 0.6 is 11.6 Å². The van der Waals surface area contributed by atoms with Crippen LogP contribution < -0.4 is 10.6 Å². The number of para-hydroxylation sites is 1. The van der Waals surface area contributed by atoms with Crippen molar-refractivity contribution in [3.63, 3.8) is 0 Å². The number of benzene rings is 2. The van der Waals surface area contributed by atoms with Gasteiger partial charge in [-0.25, -0.2) is 13.8 Å². The van der Waals surface area contributed by atoms with Gasteiger partial charge in [-0.15, -0.1) is 0 Å². The summed E-state index contributed by atoms with van der Waals surface area (Å²) in [6.45, 7) is 2.09. The van der Waals surface area contributed by atoms with Gasteiger partial charge in [0.2, 0.25) is 0 Å². The van der Waals surface area contributed by atoms with E-state index in [-0.39, 0.29) is 28.6 Å². The first-order valence-corrected chi connectivity index (χ1v) is 10.1. The molecule has 3 aromatic rings. The third-order valence-electron chi connectivity index (χ3n) is 4.68. The highest BCUT2D eigenvalue weighted by molar-refractivity contribution is 6.34. The van der Waals surface area contributed by atoms with Crippen molar-refractivity contribution in [3.05, 3.63) is 75.9 Å². The highest BCUT2D eigenvalue weighted by Gasteiger charge is 2.17. The Bertz CT molecular complexity index is 1230. The number of nitrogens with one attached hydrogen (secondary N) is 3. The van der Waals surface area contributed by atoms with Gasteiger partial charge in [-0.3, -0.25) is 14.7 Å². The molecule has 0 saturated heterocycles. The number of anilines is 1. The highest BCUT2D eigenvalue weighted by Crippen LogP contribution is 2.22. The monoisotopic (exact) mass is 474 g/mol. The summed E-state index contributed by atoms with van der Waals surface area (Å²) in [5.41, 5.74) is 1.36. The zero-order chi connectivity index (χ0) is 24.1. The summed E-state index contributed by atoms with van der Waals surface area (Å²) in [6.07, 6.45) is 0. The Balaban J connectivity index is 1.66. The van der Waals surface area contributed by atoms with Crippen molar-refractivity contribution in [1.82, 2.24) is 20.4 Å². The number of aromatic nitrogens is 2. The van der Waals surface area contributed by atoms with Crippen molar-refractivity contribution in [3.8, 4) is 0 Å². The summed E-state index contributed by atoms with van der Waals surface area (Å²) in [5, 5.41) is 11.2. The molecular weight excluding hydrogens is 454 g/mol. The van der Waals surface area contributed by atoms with Gasteiger partial charge in [0.15, 0.2) is 17.5 Å². The number of amidine groups is 1. The summed E-state index contributed by atoms with van der Waals surface area (Å²) < 4.78 is 26.6. The summed E-state index contributed by atoms with van der Waals surface area (Å²) in [6, 6.07) is 10.1. The zero-order valence-electron chi connectivity index (χ0n) is 18.0. The van der Waals surface area contributed by atoms with E-state index in [0.717, 1.165) is 17.1 Å². The highest BCUT2D eigenvalue weighted by atomic mass is 35.5. The predicted molar refractivity (Wildman–Crippen MR) is 122 cm³/mol. The number of rotatable bonds is 6. The van der Waals surface area contributed by atoms with Gasteiger partial charge >= 0.3 is 0 Å². The Labute approximate surface area is 193 Å². The lowest BCUT2D eigenvalue weighted by Gasteiger charge is -2.13. The molecule has 0 radical (unpaired) electrons. The van der Waals surface area contributed by atoms with Crippen LogP contribution in [0.1, 0.15) is 33.3 Å². The van der Waals surface area contributed by atoms with E-state index < -0.39 is 23.4 Å². The van der Waals surface area contributed by atoms with Gasteiger partial charge in [-0.1, -0.05) is 29.8 Å². The van der Waals surface area contributed by atoms with E-state index in [2.05, 4.69) is 25.8 Å². The summed E-state index contributed by atoms with van der Waals surface area (Å²) in [7, 11) is 3.77. The molecule has 33 heavy (non-hydrogen) atoms. The van der Waals surface area contributed by atoms with E-state index in [1.54, 1.807) is 0 Å². The van der Waals surface area contributed by atoms with Crippen LogP contribution in [0, 0.1) is 11.6 Å². The van der Waals surface area contributed by atoms with Crippen LogP contribution in [0.3, 0.4) is 0 Å². The summed E-state index contributed by atoms with van der Waals surface area (Å²) >= 11 is 5.81. The largest absolute Gasteiger partial charge is 0.366 e. The van der Waals surface area contributed by atoms with Crippen LogP contribution in [0.2, 0.25) is 5.02 Å². The number of H-pyrrole nitrogens is 1. The maximum absolute atomic E-state index is 13.4. The number of hydrogen-bond donors (Lipinski definition) is 3. The van der Waals surface area contributed by atoms with Crippen LogP contribution in [0.15, 0.2) is 47.5 Å². The van der Waals surface area contributed by atoms with Gasteiger partial charge in [0.1, 0.15) is 11.5 Å². The van der Waals surface area contributed by atoms with Gasteiger partial charge < -0.3 is 15.5 Å². The van der Waals surface area contributed by atoms with E-state index in [4.69, 9.17) is 11.6 Å². The molecule has 0 unspecified atom stereocenters. The Morgan fingerprint density at radius 3 is 2.55 bits per heavy atom. The number of carbonyl (C=O) groups excluding carboxylic acids is 2. The standard InChI is InChI=1S/C22H21ClF2N6O2/c1-12(31(2)3)27-18-7-5-4-6-13(18)11-26-22(33)19-10-20(30-29-19)28-21(32)14-8-16(24)17(25)9-15(14)23/h4-10H,11H2,1-3H3,(H,26,33)(H2,28,29,30,32). The topological polar surface area (TPSA) is 102 Å². The molecule has 3 N–H and O–H groups in total. The SMILES string of the molecule is CC(=Nc1ccccc1CNC(=O)c1cc(NC(=O)c2cc(F)c(F)cc2Cl)n[nH]1)N(C)C. The Hall–Kier alpha value is -3.79. The summed E-state index contributed by atoms with van der Waals surface area (Å²) in [5.74, 6) is -2.82. The van der Waals surface area contributed by atoms with Crippen molar-refractivity contribution < 1.29 is 18.4 Å². The molecule has 1 aromatic heterocycles. The molecule has 3 rings (SSSR count). The molecule has 0 aliphatic rings. The van der Waals surface area contributed by atoms with E-state index >= 15 is 0 Å². The average molecular weight is 475 g/mol. The van der Waals surface area contributed by atoms with Crippen molar-refractivity contribution in [2.45, 2.75) is 13.5 Å². The smallest absolute Gasteiger partial charge is 0.269 e. The normalized spacial score (nSPS) is 11.3. The first kappa shape index (κ1) is 23.9. The van der Waals surface area contributed by atoms with Gasteiger partial charge in [0, 0.05) is 26.7 Å². The second-order valence-electron chi connectivity index (χ2n) is 7.23. The van der Waals surface area contributed by atoms with E-state index in [1.807, 2.05) is 50.2 Å². The minimum Gasteiger partial charge on any atom is -0.366 e. The van der Waals surface area contributed by atoms with Crippen molar-refractivity contribution in [1.29, 1.82) is 0 Å². The summed E-state index contributed by atoms with van der Waals surface area (Å²) in [4.78, 5) is 31.3. The van der Waals surface area contributed by atoms with Crippen LogP contribution in [0.4, 0.5) is 20.3 Å². The predicted octanol–water partition coefficient (Wildman–Crippen LogP) is 4.14. The molecule has 0 spiro atoms. The molecule has 0 bridgehead atoms. The Morgan fingerprint density at radius 2 is 1.82 bits per heavy atom. The number of nitrogens with zero attached hydrogens (tertiary/aromatic N) is 3. The molecule has 2 aromatic carbocycles. The minimum atomic E-state index is -1.21. The fourth-order valence-corrected chi connectivity index (χ4v) is 2.93. The van der Waals surface area contributed by atoms with Gasteiger partial charge in [-0.2, -0.15) is 5.10 Å². The lowest BCUT2D eigenvalue weighted by Crippen LogP contribution is -2.23. The molecule has 8 nitrogen and oxygen atoms in total. The maximum atomic E-state index is 13.4. The fraction of sp³-hybridized carbons (Fsp3) is 0.182. The number of carbonyl (C=O) groups is 2. The van der Waals surface area contributed by atoms with E-state index in [0.29, 0.717) is 12.1 Å². The Morgan fingerprint density at radius 1 is 1.12 bits per heavy atom. The van der Waals surface area contributed by atoms with Crippen molar-refractivity contribution in [2.24, 2.45) is 4.99 Å². The number of amides is 2. The second-order valence-corrected chi connectivity index (χ2v) is 7.64. The number of hydrogen-bond acceptors (Lipinski definition) is 4. The molecule has 0 aliphatic carbocycles. The van der Waals surface area contributed by atoms with Crippen LogP contribution in [-0.2, 0) is 6.54 Å². The number of halogens is 3. The van der Waals surface area contributed by atoms with Gasteiger partial charge in [0.05, 0.1) is 16.3 Å². The molecule has 0 saturated carbocycles. The van der Waals surface area contributed by atoms with Crippen molar-refractivity contribution in [2.75, 3.05) is 19.4 Å². The lowest BCUT2D eigenvalue weighted by atomic mass is 10.2. The molecule has 172 valence electrons. The van der Waals surface area contributed by atoms with E-state index in [1.165, 1.54) is 6.07 Å². The third-order valence-corrected chi connectivity index (χ3v) is 4.99. The molecule has 11 heteroatoms. The minimum absolute atomic E-state index is 0.0116. The van der Waals surface area contributed by atoms with Crippen LogP contribution in [0.25, 0.3) is 0 Å². The van der Waals surface area contributed by atoms with Gasteiger partial charge in [0.25, 0.3) is 11.8 Å². The van der Waals surface area contributed by atoms with Crippen molar-refractivity contribution >= 4 is 40.8 Å². The fourth-order valence-electron chi connectivity index (χ4n) is 2.70. The molecule has 0 aliphatic heterocycles. The number of aliphatic imine (C=N–C) groups is 1. The maximum Gasteiger partial charge on any atom is 0.269 e. The third kappa shape index (κ3) is 5.92. The second kappa shape index (κ2) is 10.2. The van der Waals surface area contributed by atoms with E-state index in [9.17, 15) is 18.4 Å². The average Bonchev–Trinajstić information content (AvgIpc) is 3.23. The van der Waals surface area contributed by atoms with Crippen LogP contribution in [-0.4, -0.2) is 46.8 Å². The molecule has 0 atom stereocenters. The number of aromatic amines is 1. The first-order valence-electron chi connectivity index (χ1n) is 9.75. The van der Waals surface area contributed by atoms with Gasteiger partial charge in [-0.05, 0) is 30.7 Å². The molecule has 2 amide bonds. The zero-order valence-corrected chi connectivity index (χ0v) is 18.8. The Kier molecular flexibility index (Phi) is 7.39.